The van der Waals surface area contributed by atoms with Crippen LogP contribution in [0.2, 0.25) is 0 Å². The van der Waals surface area contributed by atoms with Gasteiger partial charge >= 0.3 is 0 Å². The van der Waals surface area contributed by atoms with Gasteiger partial charge < -0.3 is 15.6 Å². The molecular formula is C14H23N5O3S. The Morgan fingerprint density at radius 1 is 1.30 bits per heavy atom. The molecular weight excluding hydrogens is 318 g/mol. The number of rotatable bonds is 4. The highest BCUT2D eigenvalue weighted by molar-refractivity contribution is 7.89. The molecule has 3 N–H and O–H groups in total. The fourth-order valence-corrected chi connectivity index (χ4v) is 4.82. The number of amides is 1. The highest BCUT2D eigenvalue weighted by Crippen LogP contribution is 2.21. The van der Waals surface area contributed by atoms with Crippen LogP contribution in [0, 0.1) is 0 Å². The van der Waals surface area contributed by atoms with Gasteiger partial charge in [0.1, 0.15) is 10.6 Å². The van der Waals surface area contributed by atoms with Crippen molar-refractivity contribution < 1.29 is 13.2 Å². The van der Waals surface area contributed by atoms with Crippen LogP contribution >= 0.6 is 0 Å². The molecule has 2 aliphatic heterocycles. The van der Waals surface area contributed by atoms with Gasteiger partial charge in [0.25, 0.3) is 5.91 Å². The van der Waals surface area contributed by atoms with E-state index in [-0.39, 0.29) is 10.6 Å². The van der Waals surface area contributed by atoms with E-state index in [4.69, 9.17) is 5.73 Å². The Hall–Kier alpha value is -1.42. The van der Waals surface area contributed by atoms with E-state index in [1.807, 2.05) is 0 Å². The maximum Gasteiger partial charge on any atom is 0.265 e. The molecule has 0 saturated carbocycles. The monoisotopic (exact) mass is 341 g/mol. The number of carbonyl (C=O) groups is 1. The second-order valence-electron chi connectivity index (χ2n) is 6.12. The molecule has 1 aromatic heterocycles. The molecule has 1 amide bonds. The molecule has 0 radical (unpaired) electrons. The van der Waals surface area contributed by atoms with Crippen LogP contribution in [0.1, 0.15) is 16.9 Å². The number of primary amides is 1. The fourth-order valence-electron chi connectivity index (χ4n) is 3.33. The Morgan fingerprint density at radius 3 is 2.52 bits per heavy atom. The van der Waals surface area contributed by atoms with E-state index in [1.165, 1.54) is 21.1 Å². The number of nitrogens with two attached hydrogens (primary N) is 1. The molecule has 0 aromatic carbocycles. The van der Waals surface area contributed by atoms with E-state index >= 15 is 0 Å². The summed E-state index contributed by atoms with van der Waals surface area (Å²) < 4.78 is 28.4. The predicted molar refractivity (Wildman–Crippen MR) is 85.5 cm³/mol. The molecule has 0 spiro atoms. The molecule has 3 rings (SSSR count). The lowest BCUT2D eigenvalue weighted by Crippen LogP contribution is -2.52. The average molecular weight is 341 g/mol. The number of aromatic nitrogens is 1. The molecule has 1 aromatic rings. The highest BCUT2D eigenvalue weighted by atomic mass is 32.2. The van der Waals surface area contributed by atoms with Gasteiger partial charge in [-0.3, -0.25) is 9.69 Å². The smallest absolute Gasteiger partial charge is 0.265 e. The summed E-state index contributed by atoms with van der Waals surface area (Å²) >= 11 is 0. The molecule has 128 valence electrons. The summed E-state index contributed by atoms with van der Waals surface area (Å²) in [5.41, 5.74) is 5.45. The normalized spacial score (nSPS) is 24.1. The topological polar surface area (TPSA) is 101 Å². The van der Waals surface area contributed by atoms with E-state index in [0.29, 0.717) is 19.1 Å². The Morgan fingerprint density at radius 2 is 2.00 bits per heavy atom. The number of carbonyl (C=O) groups excluding carboxylic acids is 1. The summed E-state index contributed by atoms with van der Waals surface area (Å²) in [6.45, 7) is 4.43. The molecule has 2 fully saturated rings. The summed E-state index contributed by atoms with van der Waals surface area (Å²) in [7, 11) is -1.97. The summed E-state index contributed by atoms with van der Waals surface area (Å²) in [5.74, 6) is -0.632. The maximum atomic E-state index is 12.7. The Balaban J connectivity index is 1.71. The Labute approximate surface area is 136 Å². The van der Waals surface area contributed by atoms with Crippen LogP contribution in [-0.2, 0) is 17.1 Å². The number of hydrogen-bond donors (Lipinski definition) is 2. The van der Waals surface area contributed by atoms with E-state index in [0.717, 1.165) is 32.6 Å². The van der Waals surface area contributed by atoms with Crippen LogP contribution in [0.3, 0.4) is 0 Å². The van der Waals surface area contributed by atoms with Gasteiger partial charge in [0, 0.05) is 52.0 Å². The van der Waals surface area contributed by atoms with Gasteiger partial charge in [-0.2, -0.15) is 4.31 Å². The first-order valence-corrected chi connectivity index (χ1v) is 9.24. The maximum absolute atomic E-state index is 12.7. The number of piperazine rings is 1. The predicted octanol–water partition coefficient (Wildman–Crippen LogP) is -1.21. The standard InChI is InChI=1S/C14H23N5O3S/c1-17-10-12(8-13(17)14(15)20)23(21,22)19-6-4-18(5-7-19)11-2-3-16-9-11/h8,10-11,16H,2-7,9H2,1H3,(H2,15,20). The summed E-state index contributed by atoms with van der Waals surface area (Å²) in [6.07, 6.45) is 2.57. The van der Waals surface area contributed by atoms with Crippen LogP contribution in [0.25, 0.3) is 0 Å². The van der Waals surface area contributed by atoms with Gasteiger partial charge in [0.05, 0.1) is 0 Å². The molecule has 3 heterocycles. The number of aryl methyl sites for hydroxylation is 1. The number of nitrogens with one attached hydrogen (secondary N) is 1. The van der Waals surface area contributed by atoms with E-state index < -0.39 is 15.9 Å². The number of sulfonamides is 1. The van der Waals surface area contributed by atoms with Crippen molar-refractivity contribution in [3.63, 3.8) is 0 Å². The zero-order valence-corrected chi connectivity index (χ0v) is 14.1. The van der Waals surface area contributed by atoms with Crippen molar-refractivity contribution >= 4 is 15.9 Å². The summed E-state index contributed by atoms with van der Waals surface area (Å²) in [6, 6.07) is 1.86. The molecule has 2 saturated heterocycles. The molecule has 0 aliphatic carbocycles. The van der Waals surface area contributed by atoms with Gasteiger partial charge in [-0.25, -0.2) is 8.42 Å². The van der Waals surface area contributed by atoms with Gasteiger partial charge in [-0.05, 0) is 19.0 Å². The van der Waals surface area contributed by atoms with Gasteiger partial charge in [-0.1, -0.05) is 0 Å². The van der Waals surface area contributed by atoms with Crippen molar-refractivity contribution in [2.75, 3.05) is 39.3 Å². The molecule has 23 heavy (non-hydrogen) atoms. The van der Waals surface area contributed by atoms with Crippen molar-refractivity contribution in [2.24, 2.45) is 12.8 Å². The van der Waals surface area contributed by atoms with Gasteiger partial charge in [-0.15, -0.1) is 0 Å². The molecule has 9 heteroatoms. The van der Waals surface area contributed by atoms with Crippen LogP contribution in [0.4, 0.5) is 0 Å². The van der Waals surface area contributed by atoms with Crippen molar-refractivity contribution in [1.29, 1.82) is 0 Å². The highest BCUT2D eigenvalue weighted by Gasteiger charge is 2.32. The zero-order chi connectivity index (χ0) is 16.6. The van der Waals surface area contributed by atoms with Crippen molar-refractivity contribution in [2.45, 2.75) is 17.4 Å². The van der Waals surface area contributed by atoms with Gasteiger partial charge in [0.2, 0.25) is 10.0 Å². The minimum atomic E-state index is -3.58. The lowest BCUT2D eigenvalue weighted by Gasteiger charge is -2.36. The third-order valence-corrected chi connectivity index (χ3v) is 6.56. The Bertz CT molecular complexity index is 685. The van der Waals surface area contributed by atoms with Crippen molar-refractivity contribution in [1.82, 2.24) is 19.1 Å². The van der Waals surface area contributed by atoms with Crippen molar-refractivity contribution in [3.05, 3.63) is 18.0 Å². The first-order valence-electron chi connectivity index (χ1n) is 7.80. The SMILES string of the molecule is Cn1cc(S(=O)(=O)N2CCN(C3CCNC3)CC2)cc1C(N)=O. The van der Waals surface area contributed by atoms with E-state index in [1.54, 1.807) is 7.05 Å². The quantitative estimate of drug-likeness (QED) is 0.716. The molecule has 8 nitrogen and oxygen atoms in total. The molecule has 1 unspecified atom stereocenters. The van der Waals surface area contributed by atoms with Crippen LogP contribution in [0.5, 0.6) is 0 Å². The third kappa shape index (κ3) is 3.14. The van der Waals surface area contributed by atoms with Crippen LogP contribution in [0.15, 0.2) is 17.2 Å². The third-order valence-electron chi connectivity index (χ3n) is 4.69. The fraction of sp³-hybridized carbons (Fsp3) is 0.643. The first-order chi connectivity index (χ1) is 10.9. The first kappa shape index (κ1) is 16.4. The minimum absolute atomic E-state index is 0.129. The summed E-state index contributed by atoms with van der Waals surface area (Å²) in [5, 5.41) is 3.34. The van der Waals surface area contributed by atoms with E-state index in [2.05, 4.69) is 10.2 Å². The second-order valence-corrected chi connectivity index (χ2v) is 8.06. The largest absolute Gasteiger partial charge is 0.364 e. The lowest BCUT2D eigenvalue weighted by molar-refractivity contribution is 0.0992. The average Bonchev–Trinajstić information content (AvgIpc) is 3.16. The van der Waals surface area contributed by atoms with Crippen LogP contribution in [-0.4, -0.2) is 73.4 Å². The lowest BCUT2D eigenvalue weighted by atomic mass is 10.2. The second kappa shape index (κ2) is 6.23. The Kier molecular flexibility index (Phi) is 4.45. The molecule has 1 atom stereocenters. The summed E-state index contributed by atoms with van der Waals surface area (Å²) in [4.78, 5) is 13.8. The number of nitrogens with zero attached hydrogens (tertiary/aromatic N) is 3. The zero-order valence-electron chi connectivity index (χ0n) is 13.2. The number of hydrogen-bond acceptors (Lipinski definition) is 5. The molecule has 2 aliphatic rings. The van der Waals surface area contributed by atoms with Crippen LogP contribution < -0.4 is 11.1 Å². The van der Waals surface area contributed by atoms with Crippen molar-refractivity contribution in [3.8, 4) is 0 Å². The van der Waals surface area contributed by atoms with E-state index in [9.17, 15) is 13.2 Å². The minimum Gasteiger partial charge on any atom is -0.364 e. The van der Waals surface area contributed by atoms with Gasteiger partial charge in [0.15, 0.2) is 0 Å². The molecule has 0 bridgehead atoms.